The van der Waals surface area contributed by atoms with E-state index in [9.17, 15) is 23.1 Å². The molecular weight excluding hydrogens is 351 g/mol. The van der Waals surface area contributed by atoms with Gasteiger partial charge in [0.1, 0.15) is 6.29 Å². The Bertz CT molecular complexity index is 612. The molecule has 1 heterocycles. The molecule has 1 aromatic rings. The van der Waals surface area contributed by atoms with Gasteiger partial charge in [-0.2, -0.15) is 13.2 Å². The second kappa shape index (κ2) is 8.67. The minimum Gasteiger partial charge on any atom is -0.392 e. The summed E-state index contributed by atoms with van der Waals surface area (Å²) in [6.07, 6.45) is -4.94. The molecule has 1 saturated heterocycles. The number of hydrogen-bond acceptors (Lipinski definition) is 5. The van der Waals surface area contributed by atoms with Crippen LogP contribution in [0, 0.1) is 0 Å². The van der Waals surface area contributed by atoms with Crippen molar-refractivity contribution in [1.82, 2.24) is 21.3 Å². The molecule has 0 spiro atoms. The first-order chi connectivity index (χ1) is 12.1. The zero-order valence-electron chi connectivity index (χ0n) is 14.5. The summed E-state index contributed by atoms with van der Waals surface area (Å²) in [5.74, 6) is 0. The summed E-state index contributed by atoms with van der Waals surface area (Å²) >= 11 is 0. The standard InChI is InChI=1S/C16H24F3N5O2/c1-9-6-13(20-8-10(2)25)23-14(21-9)24-15(26)22-12-5-3-4-11(7-12)16(17,18)19/h3-5,7,9-10,13-14,20-21,23,25H,6,8H2,1-2H3,(H2,22,24,26). The molecule has 2 amide bonds. The summed E-state index contributed by atoms with van der Waals surface area (Å²) in [4.78, 5) is 12.1. The Hall–Kier alpha value is -1.88. The topological polar surface area (TPSA) is 97.5 Å². The zero-order chi connectivity index (χ0) is 19.3. The predicted octanol–water partition coefficient (Wildman–Crippen LogP) is 1.38. The van der Waals surface area contributed by atoms with E-state index in [2.05, 4.69) is 26.6 Å². The smallest absolute Gasteiger partial charge is 0.392 e. The minimum atomic E-state index is -4.47. The number of aliphatic hydroxyl groups is 1. The number of benzene rings is 1. The largest absolute Gasteiger partial charge is 0.416 e. The molecule has 4 unspecified atom stereocenters. The SMILES string of the molecule is CC(O)CNC1CC(C)NC(NC(=O)Nc2cccc(C(F)(F)F)c2)N1. The van der Waals surface area contributed by atoms with Gasteiger partial charge in [0.05, 0.1) is 17.8 Å². The molecule has 26 heavy (non-hydrogen) atoms. The Balaban J connectivity index is 1.90. The van der Waals surface area contributed by atoms with Crippen LogP contribution in [0.2, 0.25) is 0 Å². The van der Waals surface area contributed by atoms with Crippen molar-refractivity contribution in [2.75, 3.05) is 11.9 Å². The van der Waals surface area contributed by atoms with Gasteiger partial charge in [-0.3, -0.25) is 16.0 Å². The highest BCUT2D eigenvalue weighted by molar-refractivity contribution is 5.89. The highest BCUT2D eigenvalue weighted by Crippen LogP contribution is 2.30. The highest BCUT2D eigenvalue weighted by atomic mass is 19.4. The molecule has 1 aromatic carbocycles. The molecule has 1 aliphatic heterocycles. The fourth-order valence-corrected chi connectivity index (χ4v) is 2.63. The fourth-order valence-electron chi connectivity index (χ4n) is 2.63. The molecule has 10 heteroatoms. The van der Waals surface area contributed by atoms with Crippen LogP contribution < -0.4 is 26.6 Å². The Kier molecular flexibility index (Phi) is 6.81. The Morgan fingerprint density at radius 1 is 1.38 bits per heavy atom. The number of anilines is 1. The molecule has 0 bridgehead atoms. The Labute approximate surface area is 149 Å². The van der Waals surface area contributed by atoms with E-state index < -0.39 is 30.2 Å². The van der Waals surface area contributed by atoms with Crippen molar-refractivity contribution in [2.24, 2.45) is 0 Å². The number of urea groups is 1. The maximum atomic E-state index is 12.7. The maximum absolute atomic E-state index is 12.7. The first-order valence-electron chi connectivity index (χ1n) is 8.32. The van der Waals surface area contributed by atoms with Crippen LogP contribution in [0.15, 0.2) is 24.3 Å². The summed E-state index contributed by atoms with van der Waals surface area (Å²) in [5.41, 5.74) is -0.787. The van der Waals surface area contributed by atoms with Crippen LogP contribution in [-0.2, 0) is 6.18 Å². The van der Waals surface area contributed by atoms with Crippen molar-refractivity contribution < 1.29 is 23.1 Å². The third-order valence-electron chi connectivity index (χ3n) is 3.79. The third-order valence-corrected chi connectivity index (χ3v) is 3.79. The van der Waals surface area contributed by atoms with Crippen LogP contribution in [-0.4, -0.2) is 42.3 Å². The summed E-state index contributed by atoms with van der Waals surface area (Å²) in [6.45, 7) is 4.00. The molecule has 2 rings (SSSR count). The average Bonchev–Trinajstić information content (AvgIpc) is 2.51. The van der Waals surface area contributed by atoms with Gasteiger partial charge in [-0.05, 0) is 38.5 Å². The lowest BCUT2D eigenvalue weighted by Crippen LogP contribution is -2.68. The number of nitrogens with one attached hydrogen (secondary N) is 5. The monoisotopic (exact) mass is 375 g/mol. The molecule has 1 aliphatic rings. The van der Waals surface area contributed by atoms with Crippen molar-refractivity contribution in [3.05, 3.63) is 29.8 Å². The van der Waals surface area contributed by atoms with Crippen molar-refractivity contribution in [2.45, 2.75) is 51.0 Å². The predicted molar refractivity (Wildman–Crippen MR) is 91.2 cm³/mol. The second-order valence-electron chi connectivity index (χ2n) is 6.39. The lowest BCUT2D eigenvalue weighted by molar-refractivity contribution is -0.137. The summed E-state index contributed by atoms with van der Waals surface area (Å²) in [5, 5.41) is 23.7. The lowest BCUT2D eigenvalue weighted by Gasteiger charge is -2.37. The van der Waals surface area contributed by atoms with Crippen LogP contribution in [0.4, 0.5) is 23.7 Å². The first-order valence-corrected chi connectivity index (χ1v) is 8.32. The van der Waals surface area contributed by atoms with Crippen LogP contribution >= 0.6 is 0 Å². The zero-order valence-corrected chi connectivity index (χ0v) is 14.5. The Morgan fingerprint density at radius 3 is 2.77 bits per heavy atom. The van der Waals surface area contributed by atoms with Gasteiger partial charge < -0.3 is 15.7 Å². The van der Waals surface area contributed by atoms with Crippen molar-refractivity contribution in [3.63, 3.8) is 0 Å². The van der Waals surface area contributed by atoms with Gasteiger partial charge in [-0.15, -0.1) is 0 Å². The number of halogens is 3. The summed E-state index contributed by atoms with van der Waals surface area (Å²) in [6, 6.07) is 3.86. The van der Waals surface area contributed by atoms with Gasteiger partial charge in [0.25, 0.3) is 0 Å². The minimum absolute atomic E-state index is 0.0463. The molecular formula is C16H24F3N5O2. The number of carbonyl (C=O) groups excluding carboxylic acids is 1. The normalized spacial score (nSPS) is 24.8. The van der Waals surface area contributed by atoms with Crippen molar-refractivity contribution in [3.8, 4) is 0 Å². The van der Waals surface area contributed by atoms with E-state index in [0.717, 1.165) is 18.6 Å². The van der Waals surface area contributed by atoms with E-state index >= 15 is 0 Å². The van der Waals surface area contributed by atoms with E-state index in [0.29, 0.717) is 6.54 Å². The van der Waals surface area contributed by atoms with Gasteiger partial charge in [0.15, 0.2) is 0 Å². The molecule has 0 saturated carbocycles. The summed E-state index contributed by atoms with van der Waals surface area (Å²) < 4.78 is 38.2. The Morgan fingerprint density at radius 2 is 2.12 bits per heavy atom. The van der Waals surface area contributed by atoms with Crippen LogP contribution in [0.3, 0.4) is 0 Å². The van der Waals surface area contributed by atoms with Gasteiger partial charge >= 0.3 is 12.2 Å². The number of alkyl halides is 3. The van der Waals surface area contributed by atoms with E-state index in [1.807, 2.05) is 6.92 Å². The van der Waals surface area contributed by atoms with E-state index in [1.54, 1.807) is 6.92 Å². The number of rotatable bonds is 5. The first kappa shape index (κ1) is 20.4. The number of amides is 2. The molecule has 4 atom stereocenters. The highest BCUT2D eigenvalue weighted by Gasteiger charge is 2.30. The second-order valence-corrected chi connectivity index (χ2v) is 6.39. The lowest BCUT2D eigenvalue weighted by atomic mass is 10.1. The number of aliphatic hydroxyl groups excluding tert-OH is 1. The van der Waals surface area contributed by atoms with Gasteiger partial charge in [0.2, 0.25) is 0 Å². The van der Waals surface area contributed by atoms with E-state index in [4.69, 9.17) is 0 Å². The summed E-state index contributed by atoms with van der Waals surface area (Å²) in [7, 11) is 0. The van der Waals surface area contributed by atoms with Crippen LogP contribution in [0.5, 0.6) is 0 Å². The maximum Gasteiger partial charge on any atom is 0.416 e. The molecule has 0 radical (unpaired) electrons. The van der Waals surface area contributed by atoms with Gasteiger partial charge in [0, 0.05) is 18.3 Å². The van der Waals surface area contributed by atoms with Gasteiger partial charge in [-0.25, -0.2) is 4.79 Å². The van der Waals surface area contributed by atoms with Crippen LogP contribution in [0.25, 0.3) is 0 Å². The van der Waals surface area contributed by atoms with Crippen LogP contribution in [0.1, 0.15) is 25.8 Å². The quantitative estimate of drug-likeness (QED) is 0.467. The molecule has 146 valence electrons. The number of hydrogen-bond donors (Lipinski definition) is 6. The van der Waals surface area contributed by atoms with E-state index in [-0.39, 0.29) is 17.9 Å². The molecule has 1 fully saturated rings. The molecule has 0 aliphatic carbocycles. The average molecular weight is 375 g/mol. The molecule has 0 aromatic heterocycles. The number of carbonyl (C=O) groups is 1. The molecule has 6 N–H and O–H groups in total. The third kappa shape index (κ3) is 6.45. The van der Waals surface area contributed by atoms with E-state index in [1.165, 1.54) is 12.1 Å². The van der Waals surface area contributed by atoms with Crippen molar-refractivity contribution in [1.29, 1.82) is 0 Å². The van der Waals surface area contributed by atoms with Crippen molar-refractivity contribution >= 4 is 11.7 Å². The molecule has 7 nitrogen and oxygen atoms in total. The van der Waals surface area contributed by atoms with Gasteiger partial charge in [-0.1, -0.05) is 6.07 Å². The fraction of sp³-hybridized carbons (Fsp3) is 0.562.